The second-order valence-electron chi connectivity index (χ2n) is 4.77. The number of nitrogens with one attached hydrogen (secondary N) is 1. The van der Waals surface area contributed by atoms with Crippen LogP contribution in [0.15, 0.2) is 0 Å². The summed E-state index contributed by atoms with van der Waals surface area (Å²) in [5.41, 5.74) is 5.44. The molecule has 80 valence electrons. The van der Waals surface area contributed by atoms with Gasteiger partial charge in [0.15, 0.2) is 0 Å². The average Bonchev–Trinajstić information content (AvgIpc) is 2.69. The van der Waals surface area contributed by atoms with Crippen molar-refractivity contribution >= 4 is 5.91 Å². The Labute approximate surface area is 85.4 Å². The van der Waals surface area contributed by atoms with Gasteiger partial charge in [0.25, 0.3) is 0 Å². The number of hydrogen-bond acceptors (Lipinski definition) is 2. The number of amides is 1. The highest BCUT2D eigenvalue weighted by Crippen LogP contribution is 2.46. The molecule has 14 heavy (non-hydrogen) atoms. The van der Waals surface area contributed by atoms with Gasteiger partial charge < -0.3 is 11.1 Å². The van der Waals surface area contributed by atoms with Crippen LogP contribution < -0.4 is 11.1 Å². The maximum Gasteiger partial charge on any atom is 0.223 e. The Kier molecular flexibility index (Phi) is 2.77. The van der Waals surface area contributed by atoms with Gasteiger partial charge in [0.2, 0.25) is 5.91 Å². The molecule has 2 rings (SSSR count). The maximum absolute atomic E-state index is 11.6. The molecule has 1 atom stereocenters. The zero-order valence-electron chi connectivity index (χ0n) is 8.72. The van der Waals surface area contributed by atoms with Gasteiger partial charge in [0, 0.05) is 0 Å². The van der Waals surface area contributed by atoms with Gasteiger partial charge in [0.05, 0.1) is 5.41 Å². The first kappa shape index (κ1) is 9.97. The Morgan fingerprint density at radius 2 is 2.00 bits per heavy atom. The minimum atomic E-state index is -0.159. The molecule has 0 radical (unpaired) electrons. The van der Waals surface area contributed by atoms with Crippen LogP contribution in [0.4, 0.5) is 0 Å². The predicted molar refractivity (Wildman–Crippen MR) is 55.7 cm³/mol. The molecule has 3 nitrogen and oxygen atoms in total. The van der Waals surface area contributed by atoms with Crippen LogP contribution in [0, 0.1) is 11.3 Å². The molecular weight excluding hydrogens is 176 g/mol. The van der Waals surface area contributed by atoms with Crippen LogP contribution in [-0.2, 0) is 4.79 Å². The van der Waals surface area contributed by atoms with Gasteiger partial charge in [-0.25, -0.2) is 0 Å². The number of carbonyl (C=O) groups excluding carboxylic acids is 1. The largest absolute Gasteiger partial charge is 0.369 e. The molecule has 1 saturated heterocycles. The number of nitrogens with two attached hydrogens (primary N) is 1. The van der Waals surface area contributed by atoms with Crippen molar-refractivity contribution in [3.63, 3.8) is 0 Å². The topological polar surface area (TPSA) is 55.1 Å². The SMILES string of the molecule is NC(=O)C1([C@@H]2CCCNC2)CCCC1. The lowest BCUT2D eigenvalue weighted by atomic mass is 9.70. The number of primary amides is 1. The van der Waals surface area contributed by atoms with E-state index in [1.807, 2.05) is 0 Å². The van der Waals surface area contributed by atoms with E-state index in [9.17, 15) is 4.79 Å². The summed E-state index contributed by atoms with van der Waals surface area (Å²) in [4.78, 5) is 11.6. The van der Waals surface area contributed by atoms with Crippen LogP contribution in [0.5, 0.6) is 0 Å². The van der Waals surface area contributed by atoms with Crippen molar-refractivity contribution in [2.24, 2.45) is 17.1 Å². The molecule has 0 aromatic carbocycles. The van der Waals surface area contributed by atoms with Crippen molar-refractivity contribution in [2.45, 2.75) is 38.5 Å². The van der Waals surface area contributed by atoms with E-state index in [2.05, 4.69) is 5.32 Å². The molecule has 1 saturated carbocycles. The molecule has 1 heterocycles. The van der Waals surface area contributed by atoms with Crippen LogP contribution in [0.25, 0.3) is 0 Å². The van der Waals surface area contributed by atoms with Crippen molar-refractivity contribution in [1.82, 2.24) is 5.32 Å². The highest BCUT2D eigenvalue weighted by Gasteiger charge is 2.46. The molecule has 0 bridgehead atoms. The van der Waals surface area contributed by atoms with Crippen molar-refractivity contribution < 1.29 is 4.79 Å². The lowest BCUT2D eigenvalue weighted by molar-refractivity contribution is -0.131. The smallest absolute Gasteiger partial charge is 0.223 e. The van der Waals surface area contributed by atoms with Gasteiger partial charge in [-0.15, -0.1) is 0 Å². The van der Waals surface area contributed by atoms with E-state index < -0.39 is 0 Å². The first-order valence-corrected chi connectivity index (χ1v) is 5.76. The second-order valence-corrected chi connectivity index (χ2v) is 4.77. The quantitative estimate of drug-likeness (QED) is 0.693. The summed E-state index contributed by atoms with van der Waals surface area (Å²) in [5.74, 6) is 0.444. The maximum atomic E-state index is 11.6. The van der Waals surface area contributed by atoms with Crippen LogP contribution in [0.3, 0.4) is 0 Å². The lowest BCUT2D eigenvalue weighted by Crippen LogP contribution is -2.47. The predicted octanol–water partition coefficient (Wildman–Crippen LogP) is 1.03. The van der Waals surface area contributed by atoms with Crippen molar-refractivity contribution in [1.29, 1.82) is 0 Å². The molecule has 0 spiro atoms. The normalized spacial score (nSPS) is 31.6. The number of carbonyl (C=O) groups is 1. The Balaban J connectivity index is 2.12. The Bertz CT molecular complexity index is 215. The summed E-state index contributed by atoms with van der Waals surface area (Å²) in [5, 5.41) is 3.38. The minimum absolute atomic E-state index is 0.0521. The molecule has 1 aliphatic carbocycles. The van der Waals surface area contributed by atoms with E-state index in [1.54, 1.807) is 0 Å². The van der Waals surface area contributed by atoms with Gasteiger partial charge in [-0.2, -0.15) is 0 Å². The van der Waals surface area contributed by atoms with E-state index in [0.29, 0.717) is 5.92 Å². The van der Waals surface area contributed by atoms with Gasteiger partial charge in [-0.3, -0.25) is 4.79 Å². The fourth-order valence-electron chi connectivity index (χ4n) is 3.19. The molecular formula is C11H20N2O. The summed E-state index contributed by atoms with van der Waals surface area (Å²) in [6.07, 6.45) is 6.78. The van der Waals surface area contributed by atoms with E-state index in [4.69, 9.17) is 5.73 Å². The molecule has 1 aliphatic heterocycles. The van der Waals surface area contributed by atoms with E-state index >= 15 is 0 Å². The fraction of sp³-hybridized carbons (Fsp3) is 0.909. The minimum Gasteiger partial charge on any atom is -0.369 e. The molecule has 3 heteroatoms. The monoisotopic (exact) mass is 196 g/mol. The van der Waals surface area contributed by atoms with Gasteiger partial charge >= 0.3 is 0 Å². The van der Waals surface area contributed by atoms with E-state index in [0.717, 1.165) is 25.9 Å². The Morgan fingerprint density at radius 3 is 2.50 bits per heavy atom. The molecule has 0 unspecified atom stereocenters. The van der Waals surface area contributed by atoms with Crippen molar-refractivity contribution in [3.05, 3.63) is 0 Å². The zero-order valence-corrected chi connectivity index (χ0v) is 8.72. The summed E-state index contributed by atoms with van der Waals surface area (Å²) < 4.78 is 0. The molecule has 1 amide bonds. The number of piperidine rings is 1. The summed E-state index contributed by atoms with van der Waals surface area (Å²) in [7, 11) is 0. The van der Waals surface area contributed by atoms with Crippen LogP contribution in [0.2, 0.25) is 0 Å². The van der Waals surface area contributed by atoms with Crippen LogP contribution in [-0.4, -0.2) is 19.0 Å². The van der Waals surface area contributed by atoms with Gasteiger partial charge in [-0.05, 0) is 44.7 Å². The lowest BCUT2D eigenvalue weighted by Gasteiger charge is -2.37. The van der Waals surface area contributed by atoms with Crippen molar-refractivity contribution in [2.75, 3.05) is 13.1 Å². The van der Waals surface area contributed by atoms with E-state index in [1.165, 1.54) is 25.7 Å². The number of hydrogen-bond donors (Lipinski definition) is 2. The first-order valence-electron chi connectivity index (χ1n) is 5.76. The van der Waals surface area contributed by atoms with Gasteiger partial charge in [0.1, 0.15) is 0 Å². The molecule has 0 aromatic heterocycles. The van der Waals surface area contributed by atoms with Crippen molar-refractivity contribution in [3.8, 4) is 0 Å². The standard InChI is InChI=1S/C11H20N2O/c12-10(14)11(5-1-2-6-11)9-4-3-7-13-8-9/h9,13H,1-8H2,(H2,12,14)/t9-/m1/s1. The summed E-state index contributed by atoms with van der Waals surface area (Å²) >= 11 is 0. The van der Waals surface area contributed by atoms with E-state index in [-0.39, 0.29) is 11.3 Å². The molecule has 0 aromatic rings. The number of rotatable bonds is 2. The summed E-state index contributed by atoms with van der Waals surface area (Å²) in [6.45, 7) is 2.09. The molecule has 2 fully saturated rings. The second kappa shape index (κ2) is 3.89. The third-order valence-electron chi connectivity index (χ3n) is 4.06. The Hall–Kier alpha value is -0.570. The summed E-state index contributed by atoms with van der Waals surface area (Å²) in [6, 6.07) is 0. The average molecular weight is 196 g/mol. The molecule has 3 N–H and O–H groups in total. The highest BCUT2D eigenvalue weighted by atomic mass is 16.1. The van der Waals surface area contributed by atoms with Gasteiger partial charge in [-0.1, -0.05) is 12.8 Å². The third-order valence-corrected chi connectivity index (χ3v) is 4.06. The first-order chi connectivity index (χ1) is 6.76. The highest BCUT2D eigenvalue weighted by molar-refractivity contribution is 5.81. The Morgan fingerprint density at radius 1 is 1.29 bits per heavy atom. The zero-order chi connectivity index (χ0) is 10.0. The van der Waals surface area contributed by atoms with Crippen LogP contribution in [0.1, 0.15) is 38.5 Å². The third kappa shape index (κ3) is 1.54. The molecule has 2 aliphatic rings. The fourth-order valence-corrected chi connectivity index (χ4v) is 3.19. The van der Waals surface area contributed by atoms with Crippen LogP contribution >= 0.6 is 0 Å².